The maximum atomic E-state index is 4.46. The smallest absolute Gasteiger partial charge is 0.142 e. The van der Waals surface area contributed by atoms with E-state index in [1.54, 1.807) is 0 Å². The minimum Gasteiger partial charge on any atom is -0.358 e. The van der Waals surface area contributed by atoms with E-state index in [1.807, 2.05) is 12.3 Å². The number of hydrogen-bond donors (Lipinski definition) is 0. The Kier molecular flexibility index (Phi) is 3.12. The molecule has 2 aliphatic rings. The lowest BCUT2D eigenvalue weighted by molar-refractivity contribution is 0.337. The van der Waals surface area contributed by atoms with Crippen molar-refractivity contribution in [2.75, 3.05) is 18.5 Å². The van der Waals surface area contributed by atoms with E-state index in [2.05, 4.69) is 38.9 Å². The third-order valence-corrected chi connectivity index (χ3v) is 5.11. The van der Waals surface area contributed by atoms with Crippen LogP contribution in [0.15, 0.2) is 22.8 Å². The second-order valence-corrected chi connectivity index (χ2v) is 6.48. The molecule has 3 heteroatoms. The first-order chi connectivity index (χ1) is 8.24. The fourth-order valence-electron chi connectivity index (χ4n) is 3.70. The number of pyridine rings is 1. The molecule has 17 heavy (non-hydrogen) atoms. The van der Waals surface area contributed by atoms with Crippen molar-refractivity contribution in [1.82, 2.24) is 4.98 Å². The van der Waals surface area contributed by atoms with E-state index in [-0.39, 0.29) is 0 Å². The van der Waals surface area contributed by atoms with Gasteiger partial charge in [0.15, 0.2) is 0 Å². The molecule has 0 spiro atoms. The summed E-state index contributed by atoms with van der Waals surface area (Å²) < 4.78 is 1.10. The Balaban J connectivity index is 1.68. The normalized spacial score (nSPS) is 30.8. The Labute approximate surface area is 112 Å². The zero-order chi connectivity index (χ0) is 11.8. The Morgan fingerprint density at radius 1 is 1.41 bits per heavy atom. The molecule has 1 aromatic heterocycles. The molecule has 0 radical (unpaired) electrons. The van der Waals surface area contributed by atoms with Crippen molar-refractivity contribution in [3.63, 3.8) is 0 Å². The van der Waals surface area contributed by atoms with Gasteiger partial charge in [-0.15, -0.1) is 0 Å². The molecule has 3 atom stereocenters. The number of nitrogens with zero attached hydrogens (tertiary/aromatic N) is 2. The lowest BCUT2D eigenvalue weighted by Crippen LogP contribution is -2.29. The number of fused-ring (bicyclic) bond motifs is 2. The molecule has 3 unspecified atom stereocenters. The summed E-state index contributed by atoms with van der Waals surface area (Å²) in [6.45, 7) is 1.16. The highest BCUT2D eigenvalue weighted by molar-refractivity contribution is 9.10. The monoisotopic (exact) mass is 294 g/mol. The summed E-state index contributed by atoms with van der Waals surface area (Å²) in [7, 11) is 2.17. The first-order valence-electron chi connectivity index (χ1n) is 6.55. The number of rotatable bonds is 3. The largest absolute Gasteiger partial charge is 0.358 e. The van der Waals surface area contributed by atoms with Gasteiger partial charge < -0.3 is 4.90 Å². The van der Waals surface area contributed by atoms with E-state index in [4.69, 9.17) is 0 Å². The number of hydrogen-bond acceptors (Lipinski definition) is 2. The second kappa shape index (κ2) is 4.60. The van der Waals surface area contributed by atoms with Gasteiger partial charge >= 0.3 is 0 Å². The predicted molar refractivity (Wildman–Crippen MR) is 74.1 cm³/mol. The van der Waals surface area contributed by atoms with Gasteiger partial charge in [0.2, 0.25) is 0 Å². The fraction of sp³-hybridized carbons (Fsp3) is 0.643. The first kappa shape index (κ1) is 11.5. The summed E-state index contributed by atoms with van der Waals surface area (Å²) in [6, 6.07) is 4.04. The topological polar surface area (TPSA) is 16.1 Å². The van der Waals surface area contributed by atoms with Gasteiger partial charge in [0, 0.05) is 19.8 Å². The number of anilines is 1. The quantitative estimate of drug-likeness (QED) is 0.845. The van der Waals surface area contributed by atoms with E-state index in [0.717, 1.165) is 34.6 Å². The van der Waals surface area contributed by atoms with Crippen LogP contribution < -0.4 is 4.90 Å². The molecule has 2 bridgehead atoms. The lowest BCUT2D eigenvalue weighted by Gasteiger charge is -2.28. The van der Waals surface area contributed by atoms with Crippen LogP contribution in [0.5, 0.6) is 0 Å². The highest BCUT2D eigenvalue weighted by Crippen LogP contribution is 2.48. The molecule has 0 amide bonds. The van der Waals surface area contributed by atoms with Crippen molar-refractivity contribution < 1.29 is 0 Å². The van der Waals surface area contributed by atoms with Crippen molar-refractivity contribution in [1.29, 1.82) is 0 Å². The van der Waals surface area contributed by atoms with Crippen LogP contribution in [0.2, 0.25) is 0 Å². The van der Waals surface area contributed by atoms with Gasteiger partial charge in [-0.05, 0) is 65.1 Å². The van der Waals surface area contributed by atoms with Gasteiger partial charge in [-0.3, -0.25) is 0 Å². The first-order valence-corrected chi connectivity index (χ1v) is 7.35. The fourth-order valence-corrected chi connectivity index (χ4v) is 4.25. The van der Waals surface area contributed by atoms with Crippen LogP contribution in [0.25, 0.3) is 0 Å². The van der Waals surface area contributed by atoms with Crippen molar-refractivity contribution in [3.05, 3.63) is 22.8 Å². The van der Waals surface area contributed by atoms with Crippen LogP contribution in [0.4, 0.5) is 5.82 Å². The van der Waals surface area contributed by atoms with Gasteiger partial charge in [0.1, 0.15) is 5.82 Å². The van der Waals surface area contributed by atoms with Gasteiger partial charge in [-0.2, -0.15) is 0 Å². The molecular formula is C14H19BrN2. The average Bonchev–Trinajstić information content (AvgIpc) is 2.91. The third-order valence-electron chi connectivity index (χ3n) is 4.49. The van der Waals surface area contributed by atoms with Gasteiger partial charge in [-0.25, -0.2) is 4.98 Å². The molecule has 2 fully saturated rings. The van der Waals surface area contributed by atoms with E-state index in [0.29, 0.717) is 0 Å². The van der Waals surface area contributed by atoms with Crippen molar-refractivity contribution in [3.8, 4) is 0 Å². The van der Waals surface area contributed by atoms with Crippen molar-refractivity contribution in [2.24, 2.45) is 17.8 Å². The summed E-state index contributed by atoms with van der Waals surface area (Å²) in [6.07, 6.45) is 7.75. The Morgan fingerprint density at radius 2 is 2.29 bits per heavy atom. The molecule has 1 heterocycles. The summed E-state index contributed by atoms with van der Waals surface area (Å²) in [5.41, 5.74) is 0. The molecule has 0 N–H and O–H groups in total. The van der Waals surface area contributed by atoms with Crippen LogP contribution in [-0.4, -0.2) is 18.6 Å². The molecule has 2 nitrogen and oxygen atoms in total. The standard InChI is InChI=1S/C14H19BrN2/c1-17(14-13(15)3-2-6-16-14)9-12-8-10-4-5-11(12)7-10/h2-3,6,10-12H,4-5,7-9H2,1H3. The highest BCUT2D eigenvalue weighted by atomic mass is 79.9. The van der Waals surface area contributed by atoms with Gasteiger partial charge in [0.25, 0.3) is 0 Å². The third kappa shape index (κ3) is 2.22. The van der Waals surface area contributed by atoms with Crippen LogP contribution in [0.3, 0.4) is 0 Å². The predicted octanol–water partition coefficient (Wildman–Crippen LogP) is 3.72. The number of aromatic nitrogens is 1. The van der Waals surface area contributed by atoms with Crippen LogP contribution >= 0.6 is 15.9 Å². The molecule has 92 valence electrons. The van der Waals surface area contributed by atoms with Crippen molar-refractivity contribution >= 4 is 21.7 Å². The summed E-state index contributed by atoms with van der Waals surface area (Å²) >= 11 is 3.58. The van der Waals surface area contributed by atoms with E-state index < -0.39 is 0 Å². The zero-order valence-corrected chi connectivity index (χ0v) is 11.9. The van der Waals surface area contributed by atoms with Crippen molar-refractivity contribution in [2.45, 2.75) is 25.7 Å². The SMILES string of the molecule is CN(CC1CC2CCC1C2)c1ncccc1Br. The Hall–Kier alpha value is -0.570. The minimum atomic E-state index is 0.896. The van der Waals surface area contributed by atoms with Crippen LogP contribution in [-0.2, 0) is 0 Å². The molecule has 0 aliphatic heterocycles. The van der Waals surface area contributed by atoms with E-state index >= 15 is 0 Å². The number of halogens is 1. The Bertz CT molecular complexity index is 407. The molecule has 3 rings (SSSR count). The summed E-state index contributed by atoms with van der Waals surface area (Å²) in [4.78, 5) is 6.78. The van der Waals surface area contributed by atoms with E-state index in [1.165, 1.54) is 25.7 Å². The van der Waals surface area contributed by atoms with Gasteiger partial charge in [0.05, 0.1) is 4.47 Å². The maximum Gasteiger partial charge on any atom is 0.142 e. The lowest BCUT2D eigenvalue weighted by atomic mass is 9.88. The molecule has 1 aromatic rings. The molecule has 2 saturated carbocycles. The van der Waals surface area contributed by atoms with Crippen LogP contribution in [0.1, 0.15) is 25.7 Å². The summed E-state index contributed by atoms with van der Waals surface area (Å²) in [5, 5.41) is 0. The highest BCUT2D eigenvalue weighted by Gasteiger charge is 2.39. The summed E-state index contributed by atoms with van der Waals surface area (Å²) in [5.74, 6) is 4.00. The molecule has 0 aromatic carbocycles. The Morgan fingerprint density at radius 3 is 2.94 bits per heavy atom. The molecule has 2 aliphatic carbocycles. The van der Waals surface area contributed by atoms with Crippen LogP contribution in [0, 0.1) is 17.8 Å². The van der Waals surface area contributed by atoms with E-state index in [9.17, 15) is 0 Å². The molecular weight excluding hydrogens is 276 g/mol. The van der Waals surface area contributed by atoms with Gasteiger partial charge in [-0.1, -0.05) is 6.42 Å². The second-order valence-electron chi connectivity index (χ2n) is 5.62. The zero-order valence-electron chi connectivity index (χ0n) is 10.3. The molecule has 0 saturated heterocycles. The average molecular weight is 295 g/mol. The maximum absolute atomic E-state index is 4.46. The minimum absolute atomic E-state index is 0.896.